The molecule has 0 bridgehead atoms. The number of anilines is 1. The van der Waals surface area contributed by atoms with Gasteiger partial charge in [0.15, 0.2) is 0 Å². The molecule has 1 nitrogen and oxygen atoms in total. The molecule has 0 saturated carbocycles. The third-order valence-corrected chi connectivity index (χ3v) is 2.50. The molecular weight excluding hydrogens is 170 g/mol. The van der Waals surface area contributed by atoms with Crippen LogP contribution in [0.3, 0.4) is 0 Å². The lowest BCUT2D eigenvalue weighted by Gasteiger charge is -2.04. The van der Waals surface area contributed by atoms with Gasteiger partial charge in [0.2, 0.25) is 0 Å². The number of hydrogen-bond donors (Lipinski definition) is 1. The highest BCUT2D eigenvalue weighted by Gasteiger charge is 2.09. The summed E-state index contributed by atoms with van der Waals surface area (Å²) in [5.74, 6) is 0. The molecule has 0 heterocycles. The first kappa shape index (κ1) is 7.93. The molecule has 1 aromatic carbocycles. The maximum absolute atomic E-state index is 5.58. The van der Waals surface area contributed by atoms with Crippen molar-refractivity contribution >= 4 is 17.3 Å². The molecule has 64 valence electrons. The molecule has 0 saturated heterocycles. The van der Waals surface area contributed by atoms with Crippen molar-refractivity contribution in [3.05, 3.63) is 29.3 Å². The number of halogens is 1. The maximum Gasteiger partial charge on any atom is 0.0901 e. The predicted molar refractivity (Wildman–Crippen MR) is 52.8 cm³/mol. The Morgan fingerprint density at radius 1 is 1.25 bits per heavy atom. The number of fused-ring (bicyclic) bond motifs is 1. The molecule has 2 rings (SSSR count). The van der Waals surface area contributed by atoms with Crippen LogP contribution >= 0.6 is 11.6 Å². The van der Waals surface area contributed by atoms with Crippen molar-refractivity contribution in [1.29, 1.82) is 0 Å². The zero-order chi connectivity index (χ0) is 8.39. The second-order valence-corrected chi connectivity index (χ2v) is 3.41. The van der Waals surface area contributed by atoms with Crippen molar-refractivity contribution in [2.24, 2.45) is 0 Å². The van der Waals surface area contributed by atoms with Gasteiger partial charge in [-0.3, -0.25) is 0 Å². The Balaban J connectivity index is 2.26. The summed E-state index contributed by atoms with van der Waals surface area (Å²) in [6.07, 6.45) is 3.78. The third-order valence-electron chi connectivity index (χ3n) is 2.37. The number of hydrogen-bond acceptors (Lipinski definition) is 1. The largest absolute Gasteiger partial charge is 0.372 e. The Morgan fingerprint density at radius 2 is 2.08 bits per heavy atom. The van der Waals surface area contributed by atoms with E-state index in [1.807, 2.05) is 0 Å². The molecule has 1 aliphatic carbocycles. The van der Waals surface area contributed by atoms with Gasteiger partial charge in [-0.15, -0.1) is 11.6 Å². The summed E-state index contributed by atoms with van der Waals surface area (Å²) in [7, 11) is 0. The van der Waals surface area contributed by atoms with E-state index in [9.17, 15) is 0 Å². The molecule has 0 fully saturated rings. The van der Waals surface area contributed by atoms with Gasteiger partial charge in [0.1, 0.15) is 0 Å². The normalized spacial score (nSPS) is 14.4. The van der Waals surface area contributed by atoms with Crippen LogP contribution in [0.1, 0.15) is 17.5 Å². The summed E-state index contributed by atoms with van der Waals surface area (Å²) >= 11 is 5.58. The van der Waals surface area contributed by atoms with Crippen LogP contribution in [-0.4, -0.2) is 6.00 Å². The number of nitrogens with one attached hydrogen (secondary N) is 1. The van der Waals surface area contributed by atoms with Crippen LogP contribution in [0, 0.1) is 0 Å². The highest BCUT2D eigenvalue weighted by molar-refractivity contribution is 6.18. The van der Waals surface area contributed by atoms with Gasteiger partial charge in [-0.2, -0.15) is 0 Å². The molecule has 0 spiro atoms. The molecule has 1 N–H and O–H groups in total. The van der Waals surface area contributed by atoms with E-state index in [0.29, 0.717) is 6.00 Å². The molecule has 2 heteroatoms. The van der Waals surface area contributed by atoms with Crippen molar-refractivity contribution in [1.82, 2.24) is 0 Å². The summed E-state index contributed by atoms with van der Waals surface area (Å²) in [5, 5.41) is 3.10. The third kappa shape index (κ3) is 1.42. The molecule has 0 radical (unpaired) electrons. The van der Waals surface area contributed by atoms with Crippen molar-refractivity contribution < 1.29 is 0 Å². The Kier molecular flexibility index (Phi) is 2.22. The minimum absolute atomic E-state index is 0.485. The van der Waals surface area contributed by atoms with Crippen LogP contribution < -0.4 is 5.32 Å². The molecular formula is C10H12ClN. The fourth-order valence-corrected chi connectivity index (χ4v) is 1.91. The number of aryl methyl sites for hydroxylation is 2. The lowest BCUT2D eigenvalue weighted by molar-refractivity contribution is 0.912. The van der Waals surface area contributed by atoms with Gasteiger partial charge >= 0.3 is 0 Å². The Morgan fingerprint density at radius 3 is 2.92 bits per heavy atom. The van der Waals surface area contributed by atoms with Crippen LogP contribution in [0.2, 0.25) is 0 Å². The minimum Gasteiger partial charge on any atom is -0.372 e. The fourth-order valence-electron chi connectivity index (χ4n) is 1.76. The average Bonchev–Trinajstić information content (AvgIpc) is 2.51. The van der Waals surface area contributed by atoms with Crippen LogP contribution in [0.15, 0.2) is 18.2 Å². The molecule has 0 amide bonds. The minimum atomic E-state index is 0.485. The van der Waals surface area contributed by atoms with E-state index in [0.717, 1.165) is 5.69 Å². The summed E-state index contributed by atoms with van der Waals surface area (Å²) < 4.78 is 0. The van der Waals surface area contributed by atoms with Crippen molar-refractivity contribution in [2.75, 3.05) is 11.3 Å². The highest BCUT2D eigenvalue weighted by atomic mass is 35.5. The molecule has 1 aliphatic rings. The molecule has 0 aliphatic heterocycles. The van der Waals surface area contributed by atoms with Crippen molar-refractivity contribution in [2.45, 2.75) is 19.3 Å². The van der Waals surface area contributed by atoms with Gasteiger partial charge in [-0.1, -0.05) is 6.07 Å². The topological polar surface area (TPSA) is 12.0 Å². The second kappa shape index (κ2) is 3.36. The maximum atomic E-state index is 5.58. The smallest absolute Gasteiger partial charge is 0.0901 e. The zero-order valence-corrected chi connectivity index (χ0v) is 7.69. The monoisotopic (exact) mass is 181 g/mol. The summed E-state index contributed by atoms with van der Waals surface area (Å²) in [5.41, 5.74) is 4.14. The summed E-state index contributed by atoms with van der Waals surface area (Å²) in [6, 6.07) is 7.01. The quantitative estimate of drug-likeness (QED) is 0.547. The van der Waals surface area contributed by atoms with E-state index >= 15 is 0 Å². The first-order valence-corrected chi connectivity index (χ1v) is 4.85. The van der Waals surface area contributed by atoms with Crippen LogP contribution in [0.4, 0.5) is 5.69 Å². The van der Waals surface area contributed by atoms with E-state index in [-0.39, 0.29) is 0 Å². The van der Waals surface area contributed by atoms with E-state index in [4.69, 9.17) is 11.6 Å². The van der Waals surface area contributed by atoms with Crippen molar-refractivity contribution in [3.63, 3.8) is 0 Å². The lowest BCUT2D eigenvalue weighted by Crippen LogP contribution is -1.95. The standard InChI is InChI=1S/C10H12ClN/c11-7-12-10-5-4-8-2-1-3-9(8)6-10/h4-6,12H,1-3,7H2. The van der Waals surface area contributed by atoms with Crippen LogP contribution in [-0.2, 0) is 12.8 Å². The molecule has 0 unspecified atom stereocenters. The molecule has 12 heavy (non-hydrogen) atoms. The average molecular weight is 182 g/mol. The van der Waals surface area contributed by atoms with Gasteiger partial charge < -0.3 is 5.32 Å². The van der Waals surface area contributed by atoms with E-state index < -0.39 is 0 Å². The fraction of sp³-hybridized carbons (Fsp3) is 0.400. The van der Waals surface area contributed by atoms with Crippen molar-refractivity contribution in [3.8, 4) is 0 Å². The highest BCUT2D eigenvalue weighted by Crippen LogP contribution is 2.24. The SMILES string of the molecule is ClCNc1ccc2c(c1)CCC2. The van der Waals surface area contributed by atoms with Gasteiger partial charge in [0.05, 0.1) is 6.00 Å². The Hall–Kier alpha value is -0.690. The van der Waals surface area contributed by atoms with Gasteiger partial charge in [-0.25, -0.2) is 0 Å². The van der Waals surface area contributed by atoms with Gasteiger partial charge in [-0.05, 0) is 42.5 Å². The predicted octanol–water partition coefficient (Wildman–Crippen LogP) is 2.78. The van der Waals surface area contributed by atoms with E-state index in [1.165, 1.54) is 30.4 Å². The number of alkyl halides is 1. The lowest BCUT2D eigenvalue weighted by atomic mass is 10.1. The number of rotatable bonds is 2. The van der Waals surface area contributed by atoms with E-state index in [1.54, 1.807) is 0 Å². The Labute approximate surface area is 77.7 Å². The molecule has 0 aromatic heterocycles. The summed E-state index contributed by atoms with van der Waals surface area (Å²) in [6.45, 7) is 0. The van der Waals surface area contributed by atoms with Gasteiger partial charge in [0, 0.05) is 5.69 Å². The molecule has 0 atom stereocenters. The Bertz CT molecular complexity index is 283. The van der Waals surface area contributed by atoms with E-state index in [2.05, 4.69) is 23.5 Å². The first-order chi connectivity index (χ1) is 5.90. The second-order valence-electron chi connectivity index (χ2n) is 3.15. The zero-order valence-electron chi connectivity index (χ0n) is 6.94. The van der Waals surface area contributed by atoms with Gasteiger partial charge in [0.25, 0.3) is 0 Å². The summed E-state index contributed by atoms with van der Waals surface area (Å²) in [4.78, 5) is 0. The van der Waals surface area contributed by atoms with Crippen LogP contribution in [0.5, 0.6) is 0 Å². The molecule has 1 aromatic rings. The number of benzene rings is 1. The van der Waals surface area contributed by atoms with Crippen LogP contribution in [0.25, 0.3) is 0 Å². The first-order valence-electron chi connectivity index (χ1n) is 4.32.